The zero-order valence-corrected chi connectivity index (χ0v) is 11.8. The van der Waals surface area contributed by atoms with Gasteiger partial charge in [-0.15, -0.1) is 24.0 Å². The zero-order chi connectivity index (χ0) is 11.3. The first-order chi connectivity index (χ1) is 6.99. The van der Waals surface area contributed by atoms with E-state index in [4.69, 9.17) is 5.73 Å². The molecule has 0 bridgehead atoms. The van der Waals surface area contributed by atoms with Gasteiger partial charge in [0.05, 0.1) is 13.0 Å². The molecule has 3 nitrogen and oxygen atoms in total. The molecule has 1 fully saturated rings. The van der Waals surface area contributed by atoms with Crippen molar-refractivity contribution in [2.75, 3.05) is 31.1 Å². The number of hydrogen-bond acceptors (Lipinski definition) is 2. The maximum Gasteiger partial charge on any atom is 0.390 e. The normalized spacial score (nSPS) is 18.2. The Hall–Kier alpha value is 0.140. The van der Waals surface area contributed by atoms with Gasteiger partial charge in [-0.1, -0.05) is 0 Å². The second kappa shape index (κ2) is 7.46. The zero-order valence-electron chi connectivity index (χ0n) is 8.66. The Bertz CT molecular complexity index is 229. The molecule has 0 atom stereocenters. The van der Waals surface area contributed by atoms with Crippen LogP contribution in [-0.2, 0) is 0 Å². The lowest BCUT2D eigenvalue weighted by Gasteiger charge is -2.27. The van der Waals surface area contributed by atoms with Gasteiger partial charge in [0.2, 0.25) is 0 Å². The molecule has 1 heterocycles. The Morgan fingerprint density at radius 2 is 1.88 bits per heavy atom. The molecule has 1 rings (SSSR count). The van der Waals surface area contributed by atoms with Crippen LogP contribution in [0.4, 0.5) is 13.2 Å². The number of rotatable bonds is 2. The van der Waals surface area contributed by atoms with Crippen LogP contribution in [0.3, 0.4) is 0 Å². The first-order valence-corrected chi connectivity index (χ1v) is 5.84. The number of alkyl halides is 3. The first kappa shape index (κ1) is 16.1. The predicted molar refractivity (Wildman–Crippen MR) is 71.5 cm³/mol. The van der Waals surface area contributed by atoms with Crippen LogP contribution >= 0.6 is 35.7 Å². The molecular formula is C8H15F3IN3S. The van der Waals surface area contributed by atoms with Gasteiger partial charge in [-0.3, -0.25) is 4.99 Å². The van der Waals surface area contributed by atoms with Crippen molar-refractivity contribution < 1.29 is 13.2 Å². The molecule has 0 unspecified atom stereocenters. The summed E-state index contributed by atoms with van der Waals surface area (Å²) in [5, 5.41) is 0. The maximum atomic E-state index is 11.8. The number of nitrogens with zero attached hydrogens (tertiary/aromatic N) is 2. The topological polar surface area (TPSA) is 41.6 Å². The Morgan fingerprint density at radius 3 is 2.38 bits per heavy atom. The molecule has 0 spiro atoms. The molecule has 0 aromatic rings. The van der Waals surface area contributed by atoms with Gasteiger partial charge in [0.15, 0.2) is 5.96 Å². The summed E-state index contributed by atoms with van der Waals surface area (Å²) in [4.78, 5) is 5.55. The van der Waals surface area contributed by atoms with E-state index < -0.39 is 12.6 Å². The van der Waals surface area contributed by atoms with Crippen molar-refractivity contribution in [3.05, 3.63) is 0 Å². The maximum absolute atomic E-state index is 11.8. The summed E-state index contributed by atoms with van der Waals surface area (Å²) in [6, 6.07) is 0. The monoisotopic (exact) mass is 369 g/mol. The van der Waals surface area contributed by atoms with Gasteiger partial charge in [0.1, 0.15) is 0 Å². The lowest BCUT2D eigenvalue weighted by Crippen LogP contribution is -2.42. The largest absolute Gasteiger partial charge is 0.390 e. The Morgan fingerprint density at radius 1 is 1.31 bits per heavy atom. The quantitative estimate of drug-likeness (QED) is 0.460. The van der Waals surface area contributed by atoms with E-state index >= 15 is 0 Å². The molecule has 0 aromatic carbocycles. The summed E-state index contributed by atoms with van der Waals surface area (Å²) >= 11 is 1.81. The summed E-state index contributed by atoms with van der Waals surface area (Å²) in [5.41, 5.74) is 5.58. The van der Waals surface area contributed by atoms with E-state index in [0.29, 0.717) is 0 Å². The molecule has 0 radical (unpaired) electrons. The molecule has 0 aliphatic carbocycles. The molecule has 8 heteroatoms. The van der Waals surface area contributed by atoms with Crippen molar-refractivity contribution in [1.82, 2.24) is 4.90 Å². The number of halogens is 4. The van der Waals surface area contributed by atoms with Gasteiger partial charge >= 0.3 is 6.18 Å². The minimum absolute atomic E-state index is 0. The van der Waals surface area contributed by atoms with Gasteiger partial charge in [-0.05, 0) is 0 Å². The molecule has 0 amide bonds. The Kier molecular flexibility index (Phi) is 7.53. The Labute approximate surface area is 114 Å². The summed E-state index contributed by atoms with van der Waals surface area (Å²) in [6.07, 6.45) is -5.06. The van der Waals surface area contributed by atoms with Crippen LogP contribution in [0.5, 0.6) is 0 Å². The second-order valence-corrected chi connectivity index (χ2v) is 4.43. The van der Waals surface area contributed by atoms with E-state index in [0.717, 1.165) is 24.6 Å². The van der Waals surface area contributed by atoms with Crippen molar-refractivity contribution in [2.24, 2.45) is 10.7 Å². The van der Waals surface area contributed by atoms with E-state index in [1.54, 1.807) is 0 Å². The van der Waals surface area contributed by atoms with Crippen LogP contribution in [0.1, 0.15) is 6.42 Å². The minimum Gasteiger partial charge on any atom is -0.370 e. The average molecular weight is 369 g/mol. The van der Waals surface area contributed by atoms with E-state index in [-0.39, 0.29) is 36.5 Å². The highest BCUT2D eigenvalue weighted by atomic mass is 127. The number of nitrogens with two attached hydrogens (primary N) is 1. The lowest BCUT2D eigenvalue weighted by atomic mass is 10.4. The standard InChI is InChI=1S/C8H14F3N3S.HI/c9-8(10,11)1-2-13-7(12)14-3-5-15-6-4-14;/h1-6H2,(H2,12,13);1H. The summed E-state index contributed by atoms with van der Waals surface area (Å²) in [6.45, 7) is 1.26. The van der Waals surface area contributed by atoms with E-state index in [9.17, 15) is 13.2 Å². The van der Waals surface area contributed by atoms with Crippen LogP contribution in [0.25, 0.3) is 0 Å². The second-order valence-electron chi connectivity index (χ2n) is 3.20. The smallest absolute Gasteiger partial charge is 0.370 e. The average Bonchev–Trinajstić information content (AvgIpc) is 2.17. The van der Waals surface area contributed by atoms with Crippen molar-refractivity contribution in [1.29, 1.82) is 0 Å². The molecule has 1 aliphatic rings. The summed E-state index contributed by atoms with van der Waals surface area (Å²) < 4.78 is 35.5. The third kappa shape index (κ3) is 6.66. The molecule has 1 aliphatic heterocycles. The van der Waals surface area contributed by atoms with Crippen LogP contribution in [0.2, 0.25) is 0 Å². The molecule has 0 saturated carbocycles. The van der Waals surface area contributed by atoms with E-state index in [1.807, 2.05) is 16.7 Å². The van der Waals surface area contributed by atoms with Gasteiger partial charge in [0, 0.05) is 24.6 Å². The highest BCUT2D eigenvalue weighted by Gasteiger charge is 2.26. The molecule has 1 saturated heterocycles. The van der Waals surface area contributed by atoms with Crippen LogP contribution in [-0.4, -0.2) is 48.2 Å². The third-order valence-electron chi connectivity index (χ3n) is 2.00. The van der Waals surface area contributed by atoms with Gasteiger partial charge in [-0.25, -0.2) is 0 Å². The van der Waals surface area contributed by atoms with Crippen molar-refractivity contribution >= 4 is 41.7 Å². The number of hydrogen-bond donors (Lipinski definition) is 1. The van der Waals surface area contributed by atoms with Crippen molar-refractivity contribution in [2.45, 2.75) is 12.6 Å². The summed E-state index contributed by atoms with van der Waals surface area (Å²) in [5.74, 6) is 2.14. The molecule has 16 heavy (non-hydrogen) atoms. The summed E-state index contributed by atoms with van der Waals surface area (Å²) in [7, 11) is 0. The van der Waals surface area contributed by atoms with Crippen molar-refractivity contribution in [3.8, 4) is 0 Å². The fourth-order valence-corrected chi connectivity index (χ4v) is 2.09. The molecule has 2 N–H and O–H groups in total. The fourth-order valence-electron chi connectivity index (χ4n) is 1.19. The minimum atomic E-state index is -4.15. The van der Waals surface area contributed by atoms with Gasteiger partial charge < -0.3 is 10.6 Å². The van der Waals surface area contributed by atoms with Crippen LogP contribution in [0, 0.1) is 0 Å². The third-order valence-corrected chi connectivity index (χ3v) is 2.95. The van der Waals surface area contributed by atoms with E-state index in [2.05, 4.69) is 4.99 Å². The predicted octanol–water partition coefficient (Wildman–Crippen LogP) is 1.92. The van der Waals surface area contributed by atoms with Crippen LogP contribution in [0.15, 0.2) is 4.99 Å². The molecule has 96 valence electrons. The SMILES string of the molecule is I.NC(=NCCC(F)(F)F)N1CCSCC1. The Balaban J connectivity index is 0.00000225. The molecular weight excluding hydrogens is 354 g/mol. The van der Waals surface area contributed by atoms with Crippen molar-refractivity contribution in [3.63, 3.8) is 0 Å². The lowest BCUT2D eigenvalue weighted by molar-refractivity contribution is -0.132. The highest BCUT2D eigenvalue weighted by molar-refractivity contribution is 14.0. The number of aliphatic imine (C=N–C) groups is 1. The fraction of sp³-hybridized carbons (Fsp3) is 0.875. The molecule has 0 aromatic heterocycles. The van der Waals surface area contributed by atoms with E-state index in [1.165, 1.54) is 0 Å². The van der Waals surface area contributed by atoms with Crippen LogP contribution < -0.4 is 5.73 Å². The highest BCUT2D eigenvalue weighted by Crippen LogP contribution is 2.19. The first-order valence-electron chi connectivity index (χ1n) is 4.68. The number of thioether (sulfide) groups is 1. The van der Waals surface area contributed by atoms with Gasteiger partial charge in [-0.2, -0.15) is 24.9 Å². The number of guanidine groups is 1. The van der Waals surface area contributed by atoms with Gasteiger partial charge in [0.25, 0.3) is 0 Å².